The number of aryl methyl sites for hydroxylation is 2. The summed E-state index contributed by atoms with van der Waals surface area (Å²) in [6.45, 7) is 4.37. The highest BCUT2D eigenvalue weighted by atomic mass is 15.0. The Balaban J connectivity index is 2.15. The Labute approximate surface area is 95.5 Å². The second-order valence-corrected chi connectivity index (χ2v) is 4.72. The molecule has 0 aliphatic carbocycles. The van der Waals surface area contributed by atoms with E-state index in [1.165, 1.54) is 23.1 Å². The Bertz CT molecular complexity index is 521. The third-order valence-electron chi connectivity index (χ3n) is 3.54. The predicted molar refractivity (Wildman–Crippen MR) is 65.7 cm³/mol. The zero-order valence-corrected chi connectivity index (χ0v) is 9.83. The van der Waals surface area contributed by atoms with Gasteiger partial charge in [0.05, 0.1) is 0 Å². The van der Waals surface area contributed by atoms with E-state index in [-0.39, 0.29) is 0 Å². The summed E-state index contributed by atoms with van der Waals surface area (Å²) in [5.74, 6) is 0.595. The van der Waals surface area contributed by atoms with Crippen molar-refractivity contribution in [1.29, 1.82) is 0 Å². The maximum absolute atomic E-state index is 4.80. The highest BCUT2D eigenvalue weighted by molar-refractivity contribution is 5.80. The fourth-order valence-corrected chi connectivity index (χ4v) is 2.54. The SMILES string of the molecule is Cc1cc(C2CCNC2)nc2c1ccn2C. The lowest BCUT2D eigenvalue weighted by molar-refractivity contribution is 0.734. The van der Waals surface area contributed by atoms with Crippen LogP contribution in [0.2, 0.25) is 0 Å². The van der Waals surface area contributed by atoms with Gasteiger partial charge in [0.25, 0.3) is 0 Å². The van der Waals surface area contributed by atoms with E-state index in [1.54, 1.807) is 0 Å². The molecule has 84 valence electrons. The molecule has 1 fully saturated rings. The molecule has 2 aromatic rings. The van der Waals surface area contributed by atoms with Gasteiger partial charge in [0.2, 0.25) is 0 Å². The van der Waals surface area contributed by atoms with Crippen molar-refractivity contribution in [1.82, 2.24) is 14.9 Å². The van der Waals surface area contributed by atoms with Gasteiger partial charge in [-0.15, -0.1) is 0 Å². The molecule has 1 atom stereocenters. The molecule has 0 aromatic carbocycles. The fourth-order valence-electron chi connectivity index (χ4n) is 2.54. The second kappa shape index (κ2) is 3.59. The average molecular weight is 215 g/mol. The molecule has 0 radical (unpaired) electrons. The standard InChI is InChI=1S/C13H17N3/c1-9-7-12(10-3-5-14-8-10)15-13-11(9)4-6-16(13)2/h4,6-7,10,14H,3,5,8H2,1-2H3. The smallest absolute Gasteiger partial charge is 0.140 e. The van der Waals surface area contributed by atoms with Crippen LogP contribution in [-0.4, -0.2) is 22.6 Å². The third-order valence-corrected chi connectivity index (χ3v) is 3.54. The molecule has 1 unspecified atom stereocenters. The molecule has 3 heterocycles. The minimum absolute atomic E-state index is 0.595. The minimum atomic E-state index is 0.595. The third kappa shape index (κ3) is 1.43. The van der Waals surface area contributed by atoms with Crippen LogP contribution in [0, 0.1) is 6.92 Å². The highest BCUT2D eigenvalue weighted by Gasteiger charge is 2.19. The molecule has 1 N–H and O–H groups in total. The molecule has 1 aliphatic heterocycles. The number of nitrogens with zero attached hydrogens (tertiary/aromatic N) is 2. The average Bonchev–Trinajstić information content (AvgIpc) is 2.88. The summed E-state index contributed by atoms with van der Waals surface area (Å²) in [4.78, 5) is 4.80. The minimum Gasteiger partial charge on any atom is -0.336 e. The molecule has 0 bridgehead atoms. The first-order chi connectivity index (χ1) is 7.75. The summed E-state index contributed by atoms with van der Waals surface area (Å²) in [5.41, 5.74) is 3.70. The van der Waals surface area contributed by atoms with E-state index in [9.17, 15) is 0 Å². The number of pyridine rings is 1. The van der Waals surface area contributed by atoms with E-state index in [0.29, 0.717) is 5.92 Å². The number of rotatable bonds is 1. The zero-order chi connectivity index (χ0) is 11.1. The second-order valence-electron chi connectivity index (χ2n) is 4.72. The Hall–Kier alpha value is -1.35. The summed E-state index contributed by atoms with van der Waals surface area (Å²) >= 11 is 0. The van der Waals surface area contributed by atoms with E-state index in [0.717, 1.165) is 18.7 Å². The van der Waals surface area contributed by atoms with Crippen LogP contribution in [-0.2, 0) is 7.05 Å². The van der Waals surface area contributed by atoms with Crippen molar-refractivity contribution in [2.24, 2.45) is 7.05 Å². The molecular weight excluding hydrogens is 198 g/mol. The number of nitrogens with one attached hydrogen (secondary N) is 1. The number of fused-ring (bicyclic) bond motifs is 1. The van der Waals surface area contributed by atoms with Crippen molar-refractivity contribution in [3.8, 4) is 0 Å². The molecule has 3 nitrogen and oxygen atoms in total. The highest BCUT2D eigenvalue weighted by Crippen LogP contribution is 2.25. The molecule has 0 spiro atoms. The van der Waals surface area contributed by atoms with Gasteiger partial charge >= 0.3 is 0 Å². The predicted octanol–water partition coefficient (Wildman–Crippen LogP) is 1.96. The van der Waals surface area contributed by atoms with E-state index < -0.39 is 0 Å². The van der Waals surface area contributed by atoms with Gasteiger partial charge in [0, 0.05) is 36.8 Å². The molecular formula is C13H17N3. The molecule has 0 amide bonds. The van der Waals surface area contributed by atoms with Crippen molar-refractivity contribution in [3.05, 3.63) is 29.6 Å². The Morgan fingerprint density at radius 2 is 2.38 bits per heavy atom. The molecule has 3 rings (SSSR count). The Kier molecular flexibility index (Phi) is 2.21. The topological polar surface area (TPSA) is 29.9 Å². The van der Waals surface area contributed by atoms with E-state index in [1.807, 2.05) is 0 Å². The van der Waals surface area contributed by atoms with Crippen molar-refractivity contribution in [2.75, 3.05) is 13.1 Å². The normalized spacial score (nSPS) is 20.8. The van der Waals surface area contributed by atoms with Gasteiger partial charge in [-0.25, -0.2) is 4.98 Å². The zero-order valence-electron chi connectivity index (χ0n) is 9.83. The summed E-state index contributed by atoms with van der Waals surface area (Å²) in [5, 5.41) is 4.68. The molecule has 3 heteroatoms. The van der Waals surface area contributed by atoms with Gasteiger partial charge in [0.15, 0.2) is 0 Å². The number of hydrogen-bond donors (Lipinski definition) is 1. The lowest BCUT2D eigenvalue weighted by Crippen LogP contribution is -2.09. The molecule has 1 aliphatic rings. The quantitative estimate of drug-likeness (QED) is 0.788. The molecule has 0 saturated carbocycles. The van der Waals surface area contributed by atoms with Crippen LogP contribution in [0.3, 0.4) is 0 Å². The summed E-state index contributed by atoms with van der Waals surface area (Å²) in [6, 6.07) is 4.40. The van der Waals surface area contributed by atoms with Crippen LogP contribution in [0.5, 0.6) is 0 Å². The molecule has 1 saturated heterocycles. The summed E-state index contributed by atoms with van der Waals surface area (Å²) < 4.78 is 2.11. The van der Waals surface area contributed by atoms with Crippen LogP contribution in [0.4, 0.5) is 0 Å². The first-order valence-corrected chi connectivity index (χ1v) is 5.89. The van der Waals surface area contributed by atoms with Gasteiger partial charge in [-0.1, -0.05) is 0 Å². The van der Waals surface area contributed by atoms with Crippen molar-refractivity contribution >= 4 is 11.0 Å². The van der Waals surface area contributed by atoms with E-state index >= 15 is 0 Å². The lowest BCUT2D eigenvalue weighted by Gasteiger charge is -2.10. The van der Waals surface area contributed by atoms with Crippen LogP contribution < -0.4 is 5.32 Å². The largest absolute Gasteiger partial charge is 0.336 e. The maximum Gasteiger partial charge on any atom is 0.140 e. The Morgan fingerprint density at radius 1 is 1.50 bits per heavy atom. The first-order valence-electron chi connectivity index (χ1n) is 5.89. The monoisotopic (exact) mass is 215 g/mol. The van der Waals surface area contributed by atoms with Crippen LogP contribution in [0.15, 0.2) is 18.3 Å². The maximum atomic E-state index is 4.80. The van der Waals surface area contributed by atoms with E-state index in [4.69, 9.17) is 4.98 Å². The summed E-state index contributed by atoms with van der Waals surface area (Å²) in [7, 11) is 2.06. The van der Waals surface area contributed by atoms with E-state index in [2.05, 4.69) is 42.2 Å². The van der Waals surface area contributed by atoms with Gasteiger partial charge < -0.3 is 9.88 Å². The van der Waals surface area contributed by atoms with Crippen molar-refractivity contribution < 1.29 is 0 Å². The van der Waals surface area contributed by atoms with Crippen LogP contribution >= 0.6 is 0 Å². The number of hydrogen-bond acceptors (Lipinski definition) is 2. The molecule has 2 aromatic heterocycles. The number of aromatic nitrogens is 2. The van der Waals surface area contributed by atoms with Crippen LogP contribution in [0.1, 0.15) is 23.6 Å². The fraction of sp³-hybridized carbons (Fsp3) is 0.462. The van der Waals surface area contributed by atoms with Crippen LogP contribution in [0.25, 0.3) is 11.0 Å². The lowest BCUT2D eigenvalue weighted by atomic mass is 10.0. The van der Waals surface area contributed by atoms with Gasteiger partial charge in [-0.05, 0) is 37.6 Å². The van der Waals surface area contributed by atoms with Gasteiger partial charge in [-0.3, -0.25) is 0 Å². The van der Waals surface area contributed by atoms with Gasteiger partial charge in [-0.2, -0.15) is 0 Å². The van der Waals surface area contributed by atoms with Crippen molar-refractivity contribution in [3.63, 3.8) is 0 Å². The van der Waals surface area contributed by atoms with Crippen molar-refractivity contribution in [2.45, 2.75) is 19.3 Å². The van der Waals surface area contributed by atoms with Gasteiger partial charge in [0.1, 0.15) is 5.65 Å². The Morgan fingerprint density at radius 3 is 3.12 bits per heavy atom. The molecule has 16 heavy (non-hydrogen) atoms. The first kappa shape index (κ1) is 9.85. The summed E-state index contributed by atoms with van der Waals surface area (Å²) in [6.07, 6.45) is 3.30.